The highest BCUT2D eigenvalue weighted by molar-refractivity contribution is 6.45. The minimum Gasteiger partial charge on any atom is -0.372 e. The van der Waals surface area contributed by atoms with Crippen molar-refractivity contribution in [3.8, 4) is 0 Å². The van der Waals surface area contributed by atoms with Crippen LogP contribution >= 0.6 is 0 Å². The molecule has 4 rings (SSSR count). The van der Waals surface area contributed by atoms with Crippen LogP contribution in [0, 0.1) is 19.7 Å². The molecule has 0 spiro atoms. The smallest absolute Gasteiger partial charge is 0.282 e. The molecule has 0 N–H and O–H groups in total. The second kappa shape index (κ2) is 7.69. The number of aryl methyl sites for hydroxylation is 2. The molecule has 2 amide bonds. The Hall–Kier alpha value is -2.99. The predicted molar refractivity (Wildman–Crippen MR) is 113 cm³/mol. The lowest BCUT2D eigenvalue weighted by Gasteiger charge is -2.37. The monoisotopic (exact) mass is 408 g/mol. The van der Waals surface area contributed by atoms with Crippen LogP contribution in [0.5, 0.6) is 0 Å². The second-order valence-electron chi connectivity index (χ2n) is 8.08. The number of para-hydroxylation sites is 1. The van der Waals surface area contributed by atoms with Gasteiger partial charge in [0.15, 0.2) is 0 Å². The normalized spacial score (nSPS) is 22.3. The van der Waals surface area contributed by atoms with Crippen molar-refractivity contribution in [2.75, 3.05) is 18.0 Å². The van der Waals surface area contributed by atoms with Crippen LogP contribution in [0.4, 0.5) is 10.1 Å². The number of imide groups is 1. The highest BCUT2D eigenvalue weighted by Gasteiger charge is 2.44. The van der Waals surface area contributed by atoms with Crippen molar-refractivity contribution in [1.82, 2.24) is 4.90 Å². The number of carbonyl (C=O) groups excluding carboxylic acids is 2. The summed E-state index contributed by atoms with van der Waals surface area (Å²) >= 11 is 0. The summed E-state index contributed by atoms with van der Waals surface area (Å²) in [4.78, 5) is 29.9. The maximum atomic E-state index is 14.5. The van der Waals surface area contributed by atoms with Gasteiger partial charge in [-0.15, -0.1) is 0 Å². The van der Waals surface area contributed by atoms with Crippen LogP contribution in [-0.4, -0.2) is 42.0 Å². The first kappa shape index (κ1) is 20.3. The second-order valence-corrected chi connectivity index (χ2v) is 8.08. The molecule has 0 aromatic heterocycles. The topological polar surface area (TPSA) is 49.9 Å². The lowest BCUT2D eigenvalue weighted by Crippen LogP contribution is -2.47. The van der Waals surface area contributed by atoms with Crippen molar-refractivity contribution >= 4 is 23.1 Å². The molecule has 2 aliphatic heterocycles. The quantitative estimate of drug-likeness (QED) is 0.725. The molecule has 0 saturated carbocycles. The average molecular weight is 408 g/mol. The molecule has 30 heavy (non-hydrogen) atoms. The van der Waals surface area contributed by atoms with Gasteiger partial charge in [0.25, 0.3) is 11.8 Å². The number of amides is 2. The van der Waals surface area contributed by atoms with Crippen molar-refractivity contribution in [3.63, 3.8) is 0 Å². The van der Waals surface area contributed by atoms with E-state index in [1.54, 1.807) is 6.07 Å². The Kier molecular flexibility index (Phi) is 5.20. The molecule has 1 saturated heterocycles. The number of nitrogens with zero attached hydrogens (tertiary/aromatic N) is 2. The van der Waals surface area contributed by atoms with Gasteiger partial charge in [-0.3, -0.25) is 9.59 Å². The SMILES string of the molecule is Cc1ccc(C2=C(N3CC(C)OC(C)C3)C(=O)N(c3ccccc3F)C2=O)cc1C. The summed E-state index contributed by atoms with van der Waals surface area (Å²) in [5.74, 6) is -1.61. The van der Waals surface area contributed by atoms with E-state index in [1.165, 1.54) is 18.2 Å². The van der Waals surface area contributed by atoms with Crippen molar-refractivity contribution in [1.29, 1.82) is 0 Å². The van der Waals surface area contributed by atoms with Gasteiger partial charge in [-0.1, -0.05) is 30.3 Å². The molecule has 2 aromatic carbocycles. The Bertz CT molecular complexity index is 1050. The van der Waals surface area contributed by atoms with E-state index in [-0.39, 0.29) is 17.9 Å². The summed E-state index contributed by atoms with van der Waals surface area (Å²) < 4.78 is 20.3. The Balaban J connectivity index is 1.88. The van der Waals surface area contributed by atoms with Crippen LogP contribution in [0.15, 0.2) is 48.2 Å². The molecular formula is C24H25FN2O3. The molecule has 0 aliphatic carbocycles. The Morgan fingerprint density at radius 3 is 2.23 bits per heavy atom. The summed E-state index contributed by atoms with van der Waals surface area (Å²) in [6.45, 7) is 8.81. The molecular weight excluding hydrogens is 383 g/mol. The number of carbonyl (C=O) groups is 2. The van der Waals surface area contributed by atoms with Crippen molar-refractivity contribution < 1.29 is 18.7 Å². The van der Waals surface area contributed by atoms with Gasteiger partial charge >= 0.3 is 0 Å². The first-order valence-electron chi connectivity index (χ1n) is 10.1. The molecule has 156 valence electrons. The van der Waals surface area contributed by atoms with Gasteiger partial charge in [0.2, 0.25) is 0 Å². The fraction of sp³-hybridized carbons (Fsp3) is 0.333. The van der Waals surface area contributed by atoms with Gasteiger partial charge in [-0.25, -0.2) is 9.29 Å². The first-order chi connectivity index (χ1) is 14.3. The maximum Gasteiger partial charge on any atom is 0.282 e. The van der Waals surface area contributed by atoms with E-state index >= 15 is 0 Å². The molecule has 5 nitrogen and oxygen atoms in total. The third-order valence-corrected chi connectivity index (χ3v) is 5.68. The van der Waals surface area contributed by atoms with Gasteiger partial charge in [0, 0.05) is 13.1 Å². The average Bonchev–Trinajstić information content (AvgIpc) is 2.94. The predicted octanol–water partition coefficient (Wildman–Crippen LogP) is 3.84. The number of morpholine rings is 1. The summed E-state index contributed by atoms with van der Waals surface area (Å²) in [5, 5.41) is 0. The molecule has 2 atom stereocenters. The maximum absolute atomic E-state index is 14.5. The molecule has 2 heterocycles. The van der Waals surface area contributed by atoms with Gasteiger partial charge in [0.1, 0.15) is 11.5 Å². The lowest BCUT2D eigenvalue weighted by atomic mass is 9.99. The largest absolute Gasteiger partial charge is 0.372 e. The van der Waals surface area contributed by atoms with Gasteiger partial charge < -0.3 is 9.64 Å². The fourth-order valence-corrected chi connectivity index (χ4v) is 4.18. The van der Waals surface area contributed by atoms with Crippen molar-refractivity contribution in [2.45, 2.75) is 39.9 Å². The summed E-state index contributed by atoms with van der Waals surface area (Å²) in [5.41, 5.74) is 3.38. The van der Waals surface area contributed by atoms with Gasteiger partial charge in [-0.05, 0) is 56.5 Å². The van der Waals surface area contributed by atoms with E-state index in [0.717, 1.165) is 16.0 Å². The molecule has 0 radical (unpaired) electrons. The number of anilines is 1. The molecule has 6 heteroatoms. The minimum atomic E-state index is -0.608. The number of benzene rings is 2. The third-order valence-electron chi connectivity index (χ3n) is 5.68. The lowest BCUT2D eigenvalue weighted by molar-refractivity contribution is -0.121. The number of ether oxygens (including phenoxy) is 1. The Labute approximate surface area is 175 Å². The minimum absolute atomic E-state index is 0.0295. The van der Waals surface area contributed by atoms with Gasteiger partial charge in [0.05, 0.1) is 23.5 Å². The highest BCUT2D eigenvalue weighted by Crippen LogP contribution is 2.37. The van der Waals surface area contributed by atoms with Gasteiger partial charge in [-0.2, -0.15) is 0 Å². The zero-order valence-electron chi connectivity index (χ0n) is 17.6. The molecule has 2 aliphatic rings. The third kappa shape index (κ3) is 3.41. The molecule has 0 bridgehead atoms. The van der Waals surface area contributed by atoms with E-state index < -0.39 is 17.6 Å². The van der Waals surface area contributed by atoms with Crippen LogP contribution in [0.3, 0.4) is 0 Å². The van der Waals surface area contributed by atoms with Crippen LogP contribution in [0.1, 0.15) is 30.5 Å². The number of hydrogen-bond acceptors (Lipinski definition) is 4. The zero-order chi connectivity index (χ0) is 21.6. The number of hydrogen-bond donors (Lipinski definition) is 0. The standard InChI is InChI=1S/C24H25FN2O3/c1-14-9-10-18(11-15(14)2)21-22(26-12-16(3)30-17(4)13-26)24(29)27(23(21)28)20-8-6-5-7-19(20)25/h5-11,16-17H,12-13H2,1-4H3. The number of halogens is 1. The molecule has 2 unspecified atom stereocenters. The fourth-order valence-electron chi connectivity index (χ4n) is 4.18. The van der Waals surface area contributed by atoms with E-state index in [9.17, 15) is 14.0 Å². The van der Waals surface area contributed by atoms with Crippen molar-refractivity contribution in [2.24, 2.45) is 0 Å². The molecule has 2 aromatic rings. The zero-order valence-corrected chi connectivity index (χ0v) is 17.6. The Morgan fingerprint density at radius 2 is 1.60 bits per heavy atom. The van der Waals surface area contributed by atoms with Crippen LogP contribution in [0.2, 0.25) is 0 Å². The molecule has 1 fully saturated rings. The van der Waals surface area contributed by atoms with Crippen LogP contribution in [-0.2, 0) is 14.3 Å². The van der Waals surface area contributed by atoms with Crippen LogP contribution in [0.25, 0.3) is 5.57 Å². The summed E-state index contributed by atoms with van der Waals surface area (Å²) in [6, 6.07) is 11.6. The van der Waals surface area contributed by atoms with Crippen molar-refractivity contribution in [3.05, 3.63) is 70.7 Å². The van der Waals surface area contributed by atoms with E-state index in [0.29, 0.717) is 29.9 Å². The highest BCUT2D eigenvalue weighted by atomic mass is 19.1. The van der Waals surface area contributed by atoms with E-state index in [2.05, 4.69) is 0 Å². The Morgan fingerprint density at radius 1 is 0.933 bits per heavy atom. The van der Waals surface area contributed by atoms with E-state index in [4.69, 9.17) is 4.74 Å². The number of rotatable bonds is 3. The van der Waals surface area contributed by atoms with E-state index in [1.807, 2.05) is 50.8 Å². The first-order valence-corrected chi connectivity index (χ1v) is 10.1. The summed E-state index contributed by atoms with van der Waals surface area (Å²) in [7, 11) is 0. The summed E-state index contributed by atoms with van der Waals surface area (Å²) in [6.07, 6.45) is -0.180. The van der Waals surface area contributed by atoms with Crippen LogP contribution < -0.4 is 4.90 Å².